The van der Waals surface area contributed by atoms with E-state index in [-0.39, 0.29) is 6.08 Å². The van der Waals surface area contributed by atoms with Crippen molar-refractivity contribution in [2.75, 3.05) is 7.11 Å². The number of hydrogen-bond acceptors (Lipinski definition) is 5. The van der Waals surface area contributed by atoms with Gasteiger partial charge < -0.3 is 18.5 Å². The lowest BCUT2D eigenvalue weighted by molar-refractivity contribution is 0.314. The summed E-state index contributed by atoms with van der Waals surface area (Å²) in [5.74, 6) is 1.01. The van der Waals surface area contributed by atoms with Gasteiger partial charge in [-0.2, -0.15) is 4.98 Å². The van der Waals surface area contributed by atoms with Crippen molar-refractivity contribution in [1.82, 2.24) is 9.55 Å². The Morgan fingerprint density at radius 2 is 2.09 bits per heavy atom. The van der Waals surface area contributed by atoms with Crippen LogP contribution < -0.4 is 9.47 Å². The number of hydrogen-bond donors (Lipinski definition) is 0. The number of methoxy groups -OCH3 is 1. The Kier molecular flexibility index (Phi) is 4.62. The molecule has 0 N–H and O–H groups in total. The van der Waals surface area contributed by atoms with Crippen LogP contribution in [-0.2, 0) is 6.54 Å². The highest BCUT2D eigenvalue weighted by Gasteiger charge is 2.14. The minimum absolute atomic E-state index is 0.156. The summed E-state index contributed by atoms with van der Waals surface area (Å²) in [6.45, 7) is 2.98. The first-order chi connectivity index (χ1) is 11.2. The topological polar surface area (TPSA) is 49.4 Å². The number of para-hydroxylation sites is 2. The molecule has 0 fully saturated rings. The summed E-state index contributed by atoms with van der Waals surface area (Å²) in [6, 6.07) is 9.33. The summed E-state index contributed by atoms with van der Waals surface area (Å²) in [5, 5.41) is 0. The maximum Gasteiger partial charge on any atom is 0.400 e. The number of pyridine rings is 1. The lowest BCUT2D eigenvalue weighted by Crippen LogP contribution is -2.03. The summed E-state index contributed by atoms with van der Waals surface area (Å²) in [5.41, 5.74) is 1.41. The summed E-state index contributed by atoms with van der Waals surface area (Å²) >= 11 is 5.53. The van der Waals surface area contributed by atoms with Crippen molar-refractivity contribution in [2.45, 2.75) is 26.3 Å². The van der Waals surface area contributed by atoms with E-state index in [4.69, 9.17) is 26.1 Å². The van der Waals surface area contributed by atoms with Gasteiger partial charge in [-0.1, -0.05) is 37.7 Å². The predicted octanol–water partition coefficient (Wildman–Crippen LogP) is 4.96. The van der Waals surface area contributed by atoms with Crippen molar-refractivity contribution in [1.29, 1.82) is 0 Å². The van der Waals surface area contributed by atoms with Gasteiger partial charge in [-0.25, -0.2) is 0 Å². The predicted molar refractivity (Wildman–Crippen MR) is 90.8 cm³/mol. The van der Waals surface area contributed by atoms with Crippen LogP contribution in [0.2, 0.25) is 0 Å². The maximum atomic E-state index is 5.81. The van der Waals surface area contributed by atoms with E-state index in [1.807, 2.05) is 41.1 Å². The standard InChI is InChI=1S/C17H18N2O3S/c1-3-4-10-19-11-9-14(20-2)15(16(19)23)22-17-18-12-7-5-6-8-13(12)21-17/h5-9,11H,3-4,10H2,1-2H3. The van der Waals surface area contributed by atoms with E-state index < -0.39 is 0 Å². The first-order valence-electron chi connectivity index (χ1n) is 7.53. The van der Waals surface area contributed by atoms with E-state index in [0.717, 1.165) is 24.9 Å². The number of benzene rings is 1. The number of nitrogens with zero attached hydrogens (tertiary/aromatic N) is 2. The van der Waals surface area contributed by atoms with Crippen LogP contribution in [0.15, 0.2) is 40.9 Å². The largest absolute Gasteiger partial charge is 0.493 e. The van der Waals surface area contributed by atoms with Crippen molar-refractivity contribution in [3.05, 3.63) is 41.2 Å². The summed E-state index contributed by atoms with van der Waals surface area (Å²) in [6.07, 6.45) is 4.21. The zero-order chi connectivity index (χ0) is 16.2. The molecule has 0 atom stereocenters. The molecule has 0 radical (unpaired) electrons. The molecule has 0 amide bonds. The lowest BCUT2D eigenvalue weighted by Gasteiger charge is -2.12. The fourth-order valence-electron chi connectivity index (χ4n) is 2.28. The maximum absolute atomic E-state index is 5.81. The fourth-order valence-corrected chi connectivity index (χ4v) is 2.57. The molecule has 0 aliphatic heterocycles. The SMILES string of the molecule is CCCCn1ccc(OC)c(Oc2nc3ccccc3o2)c1=S. The number of aryl methyl sites for hydroxylation is 1. The minimum Gasteiger partial charge on any atom is -0.493 e. The van der Waals surface area contributed by atoms with Crippen molar-refractivity contribution in [3.63, 3.8) is 0 Å². The summed E-state index contributed by atoms with van der Waals surface area (Å²) in [7, 11) is 1.58. The number of unbranched alkanes of at least 4 members (excludes halogenated alkanes) is 1. The van der Waals surface area contributed by atoms with Crippen molar-refractivity contribution < 1.29 is 13.9 Å². The molecular weight excluding hydrogens is 312 g/mol. The molecular formula is C17H18N2O3S. The van der Waals surface area contributed by atoms with Crippen molar-refractivity contribution >= 4 is 23.3 Å². The Morgan fingerprint density at radius 1 is 1.26 bits per heavy atom. The Morgan fingerprint density at radius 3 is 2.83 bits per heavy atom. The van der Waals surface area contributed by atoms with E-state index >= 15 is 0 Å². The first-order valence-corrected chi connectivity index (χ1v) is 7.94. The van der Waals surface area contributed by atoms with Gasteiger partial charge in [0.2, 0.25) is 5.75 Å². The second-order valence-electron chi connectivity index (χ2n) is 5.11. The second-order valence-corrected chi connectivity index (χ2v) is 5.50. The van der Waals surface area contributed by atoms with Gasteiger partial charge in [0.25, 0.3) is 0 Å². The average molecular weight is 330 g/mol. The van der Waals surface area contributed by atoms with Gasteiger partial charge in [0.15, 0.2) is 16.0 Å². The molecule has 0 saturated heterocycles. The highest BCUT2D eigenvalue weighted by atomic mass is 32.1. The average Bonchev–Trinajstić information content (AvgIpc) is 2.98. The quantitative estimate of drug-likeness (QED) is 0.598. The third kappa shape index (κ3) is 3.22. The van der Waals surface area contributed by atoms with Gasteiger partial charge in [0.1, 0.15) is 5.52 Å². The molecule has 0 unspecified atom stereocenters. The van der Waals surface area contributed by atoms with Crippen LogP contribution in [0.4, 0.5) is 0 Å². The van der Waals surface area contributed by atoms with E-state index in [1.165, 1.54) is 0 Å². The van der Waals surface area contributed by atoms with Crippen molar-refractivity contribution in [3.8, 4) is 17.6 Å². The lowest BCUT2D eigenvalue weighted by atomic mass is 10.3. The molecule has 23 heavy (non-hydrogen) atoms. The smallest absolute Gasteiger partial charge is 0.400 e. The first kappa shape index (κ1) is 15.6. The molecule has 2 heterocycles. The zero-order valence-electron chi connectivity index (χ0n) is 13.1. The second kappa shape index (κ2) is 6.83. The van der Waals surface area contributed by atoms with Crippen LogP contribution in [0.5, 0.6) is 17.6 Å². The molecule has 0 spiro atoms. The number of ether oxygens (including phenoxy) is 2. The molecule has 6 heteroatoms. The van der Waals surface area contributed by atoms with Crippen LogP contribution in [0.1, 0.15) is 19.8 Å². The number of aromatic nitrogens is 2. The van der Waals surface area contributed by atoms with E-state index in [0.29, 0.717) is 21.7 Å². The molecule has 2 aromatic heterocycles. The minimum atomic E-state index is 0.156. The molecule has 3 aromatic rings. The highest BCUT2D eigenvalue weighted by molar-refractivity contribution is 7.71. The van der Waals surface area contributed by atoms with Gasteiger partial charge in [-0.15, -0.1) is 0 Å². The van der Waals surface area contributed by atoms with E-state index in [1.54, 1.807) is 7.11 Å². The van der Waals surface area contributed by atoms with E-state index in [9.17, 15) is 0 Å². The summed E-state index contributed by atoms with van der Waals surface area (Å²) in [4.78, 5) is 4.32. The third-order valence-electron chi connectivity index (χ3n) is 3.52. The number of fused-ring (bicyclic) bond motifs is 1. The molecule has 0 bridgehead atoms. The molecule has 0 aliphatic carbocycles. The molecule has 5 nitrogen and oxygen atoms in total. The summed E-state index contributed by atoms with van der Waals surface area (Å²) < 4.78 is 19.3. The van der Waals surface area contributed by atoms with Crippen LogP contribution in [-0.4, -0.2) is 16.7 Å². The van der Waals surface area contributed by atoms with Crippen LogP contribution in [0, 0.1) is 4.64 Å². The van der Waals surface area contributed by atoms with Gasteiger partial charge in [0, 0.05) is 18.8 Å². The van der Waals surface area contributed by atoms with Crippen molar-refractivity contribution in [2.24, 2.45) is 0 Å². The van der Waals surface area contributed by atoms with Gasteiger partial charge >= 0.3 is 6.08 Å². The Balaban J connectivity index is 1.98. The Hall–Kier alpha value is -2.34. The molecule has 1 aromatic carbocycles. The van der Waals surface area contributed by atoms with Crippen LogP contribution >= 0.6 is 12.2 Å². The fraction of sp³-hybridized carbons (Fsp3) is 0.294. The zero-order valence-corrected chi connectivity index (χ0v) is 13.9. The Bertz CT molecular complexity index is 837. The molecule has 120 valence electrons. The van der Waals surface area contributed by atoms with Gasteiger partial charge in [-0.3, -0.25) is 0 Å². The van der Waals surface area contributed by atoms with Crippen LogP contribution in [0.25, 0.3) is 11.1 Å². The molecule has 0 saturated carbocycles. The molecule has 0 aliphatic rings. The number of rotatable bonds is 6. The van der Waals surface area contributed by atoms with E-state index in [2.05, 4.69) is 11.9 Å². The molecule has 3 rings (SSSR count). The third-order valence-corrected chi connectivity index (χ3v) is 3.94. The van der Waals surface area contributed by atoms with Gasteiger partial charge in [0.05, 0.1) is 7.11 Å². The number of oxazole rings is 1. The normalized spacial score (nSPS) is 10.9. The highest BCUT2D eigenvalue weighted by Crippen LogP contribution is 2.33. The monoisotopic (exact) mass is 330 g/mol. The van der Waals surface area contributed by atoms with Crippen LogP contribution in [0.3, 0.4) is 0 Å². The van der Waals surface area contributed by atoms with Gasteiger partial charge in [-0.05, 0) is 18.6 Å². The Labute approximate surface area is 139 Å².